The minimum absolute atomic E-state index is 0.214. The second-order valence-corrected chi connectivity index (χ2v) is 7.50. The van der Waals surface area contributed by atoms with Crippen molar-refractivity contribution in [1.82, 2.24) is 24.6 Å². The summed E-state index contributed by atoms with van der Waals surface area (Å²) >= 11 is 0. The maximum absolute atomic E-state index is 10.1. The lowest BCUT2D eigenvalue weighted by Crippen LogP contribution is -2.37. The van der Waals surface area contributed by atoms with Gasteiger partial charge in [0.2, 0.25) is 0 Å². The molecule has 3 aliphatic rings. The van der Waals surface area contributed by atoms with Gasteiger partial charge in [-0.2, -0.15) is 0 Å². The summed E-state index contributed by atoms with van der Waals surface area (Å²) < 4.78 is 2.31. The van der Waals surface area contributed by atoms with Crippen molar-refractivity contribution >= 4 is 0 Å². The Morgan fingerprint density at radius 2 is 2.05 bits per heavy atom. The molecule has 1 aromatic rings. The van der Waals surface area contributed by atoms with Gasteiger partial charge in [0.05, 0.1) is 18.7 Å². The molecule has 122 valence electrons. The Morgan fingerprint density at radius 3 is 2.77 bits per heavy atom. The van der Waals surface area contributed by atoms with E-state index in [4.69, 9.17) is 0 Å². The lowest BCUT2D eigenvalue weighted by molar-refractivity contribution is 0.155. The van der Waals surface area contributed by atoms with Crippen LogP contribution in [0.5, 0.6) is 0 Å². The van der Waals surface area contributed by atoms with Crippen molar-refractivity contribution in [3.8, 4) is 0 Å². The number of nitrogens with zero attached hydrogens (tertiary/aromatic N) is 5. The van der Waals surface area contributed by atoms with E-state index in [1.807, 2.05) is 0 Å². The van der Waals surface area contributed by atoms with Crippen molar-refractivity contribution in [2.75, 3.05) is 19.6 Å². The van der Waals surface area contributed by atoms with Crippen LogP contribution in [0.3, 0.4) is 0 Å². The van der Waals surface area contributed by atoms with Crippen LogP contribution in [0.25, 0.3) is 0 Å². The number of hydrogen-bond donors (Lipinski definition) is 1. The molecule has 1 saturated carbocycles. The average molecular weight is 305 g/mol. The van der Waals surface area contributed by atoms with Crippen LogP contribution in [-0.4, -0.2) is 61.5 Å². The predicted molar refractivity (Wildman–Crippen MR) is 83.2 cm³/mol. The molecule has 2 atom stereocenters. The molecule has 1 aromatic heterocycles. The first-order valence-electron chi connectivity index (χ1n) is 8.70. The van der Waals surface area contributed by atoms with Crippen LogP contribution in [0.4, 0.5) is 0 Å². The van der Waals surface area contributed by atoms with Gasteiger partial charge in [-0.25, -0.2) is 0 Å². The highest BCUT2D eigenvalue weighted by Gasteiger charge is 2.38. The van der Waals surface area contributed by atoms with Gasteiger partial charge < -0.3 is 9.67 Å². The van der Waals surface area contributed by atoms with Crippen molar-refractivity contribution in [3.63, 3.8) is 0 Å². The first-order chi connectivity index (χ1) is 10.6. The summed E-state index contributed by atoms with van der Waals surface area (Å²) in [4.78, 5) is 4.88. The second-order valence-electron chi connectivity index (χ2n) is 7.50. The van der Waals surface area contributed by atoms with Crippen LogP contribution < -0.4 is 0 Å². The van der Waals surface area contributed by atoms with E-state index in [2.05, 4.69) is 38.4 Å². The van der Waals surface area contributed by atoms with Gasteiger partial charge in [0.15, 0.2) is 5.82 Å². The van der Waals surface area contributed by atoms with Crippen LogP contribution in [0.2, 0.25) is 0 Å². The second kappa shape index (κ2) is 5.58. The van der Waals surface area contributed by atoms with E-state index in [0.29, 0.717) is 6.04 Å². The molecule has 1 N–H and O–H groups in total. The Morgan fingerprint density at radius 1 is 1.23 bits per heavy atom. The summed E-state index contributed by atoms with van der Waals surface area (Å²) in [6.45, 7) is 9.38. The molecule has 0 spiro atoms. The Bertz CT molecular complexity index is 539. The van der Waals surface area contributed by atoms with E-state index < -0.39 is 0 Å². The number of aromatic nitrogens is 3. The molecule has 6 nitrogen and oxygen atoms in total. The zero-order valence-electron chi connectivity index (χ0n) is 13.6. The van der Waals surface area contributed by atoms with E-state index in [1.165, 1.54) is 19.4 Å². The highest BCUT2D eigenvalue weighted by atomic mass is 16.3. The highest BCUT2D eigenvalue weighted by molar-refractivity contribution is 5.08. The molecule has 2 aliphatic heterocycles. The highest BCUT2D eigenvalue weighted by Crippen LogP contribution is 2.34. The molecule has 3 heterocycles. The first kappa shape index (κ1) is 14.6. The number of β-amino-alcohol motifs (C(OH)–C–C–N with tert-alkyl or cyclic N) is 1. The van der Waals surface area contributed by atoms with Gasteiger partial charge in [-0.3, -0.25) is 9.80 Å². The number of aliphatic hydroxyl groups excluding tert-OH is 1. The monoisotopic (exact) mass is 305 g/mol. The summed E-state index contributed by atoms with van der Waals surface area (Å²) in [5, 5.41) is 19.0. The van der Waals surface area contributed by atoms with Crippen LogP contribution in [0.15, 0.2) is 0 Å². The molecule has 0 unspecified atom stereocenters. The molecule has 6 heteroatoms. The van der Waals surface area contributed by atoms with Crippen molar-refractivity contribution in [1.29, 1.82) is 0 Å². The van der Waals surface area contributed by atoms with Crippen molar-refractivity contribution in [3.05, 3.63) is 11.6 Å². The number of hydrogen-bond acceptors (Lipinski definition) is 5. The zero-order valence-corrected chi connectivity index (χ0v) is 13.6. The Kier molecular flexibility index (Phi) is 3.71. The topological polar surface area (TPSA) is 57.4 Å². The largest absolute Gasteiger partial charge is 0.392 e. The van der Waals surface area contributed by atoms with Gasteiger partial charge in [0.1, 0.15) is 5.82 Å². The molecular weight excluding hydrogens is 278 g/mol. The third kappa shape index (κ3) is 2.68. The standard InChI is InChI=1S/C16H27N5O/c1-11(2)21-9-13(22)7-14(21)16-18-17-15-10-19(5-6-20(15)16)8-12-3-4-12/h11-14,22H,3-10H2,1-2H3/t13-,14-/m0/s1. The summed E-state index contributed by atoms with van der Waals surface area (Å²) in [6, 6.07) is 0.635. The fourth-order valence-corrected chi connectivity index (χ4v) is 3.96. The lowest BCUT2D eigenvalue weighted by Gasteiger charge is -2.31. The normalized spacial score (nSPS) is 30.2. The molecule has 0 radical (unpaired) electrons. The molecule has 1 saturated heterocycles. The van der Waals surface area contributed by atoms with E-state index in [-0.39, 0.29) is 12.1 Å². The minimum atomic E-state index is -0.240. The summed E-state index contributed by atoms with van der Waals surface area (Å²) in [5.41, 5.74) is 0. The van der Waals surface area contributed by atoms with E-state index in [0.717, 1.165) is 50.2 Å². The summed E-state index contributed by atoms with van der Waals surface area (Å²) in [6.07, 6.45) is 3.34. The van der Waals surface area contributed by atoms with Crippen molar-refractivity contribution in [2.24, 2.45) is 5.92 Å². The van der Waals surface area contributed by atoms with E-state index in [9.17, 15) is 5.11 Å². The van der Waals surface area contributed by atoms with Crippen molar-refractivity contribution < 1.29 is 5.11 Å². The molecule has 4 rings (SSSR count). The number of fused-ring (bicyclic) bond motifs is 1. The molecule has 2 fully saturated rings. The van der Waals surface area contributed by atoms with Crippen LogP contribution in [0.1, 0.15) is 50.8 Å². The number of aliphatic hydroxyl groups is 1. The smallest absolute Gasteiger partial charge is 0.150 e. The van der Waals surface area contributed by atoms with Gasteiger partial charge in [-0.1, -0.05) is 0 Å². The predicted octanol–water partition coefficient (Wildman–Crippen LogP) is 1.02. The maximum Gasteiger partial charge on any atom is 0.150 e. The zero-order chi connectivity index (χ0) is 15.3. The maximum atomic E-state index is 10.1. The first-order valence-corrected chi connectivity index (χ1v) is 8.70. The van der Waals surface area contributed by atoms with Gasteiger partial charge in [0.25, 0.3) is 0 Å². The summed E-state index contributed by atoms with van der Waals surface area (Å²) in [5.74, 6) is 3.09. The van der Waals surface area contributed by atoms with Gasteiger partial charge in [0, 0.05) is 32.2 Å². The van der Waals surface area contributed by atoms with E-state index in [1.54, 1.807) is 0 Å². The SMILES string of the molecule is CC(C)N1C[C@@H](O)C[C@H]1c1nnc2n1CCN(CC1CC1)C2. The quantitative estimate of drug-likeness (QED) is 0.900. The Labute approximate surface area is 132 Å². The Hall–Kier alpha value is -0.980. The fraction of sp³-hybridized carbons (Fsp3) is 0.875. The lowest BCUT2D eigenvalue weighted by atomic mass is 10.1. The molecule has 0 bridgehead atoms. The van der Waals surface area contributed by atoms with Gasteiger partial charge in [-0.05, 0) is 39.0 Å². The molecule has 0 aromatic carbocycles. The Balaban J connectivity index is 1.53. The van der Waals surface area contributed by atoms with Gasteiger partial charge >= 0.3 is 0 Å². The summed E-state index contributed by atoms with van der Waals surface area (Å²) in [7, 11) is 0. The van der Waals surface area contributed by atoms with Crippen LogP contribution in [0, 0.1) is 5.92 Å². The van der Waals surface area contributed by atoms with E-state index >= 15 is 0 Å². The molecule has 1 aliphatic carbocycles. The fourth-order valence-electron chi connectivity index (χ4n) is 3.96. The minimum Gasteiger partial charge on any atom is -0.392 e. The van der Waals surface area contributed by atoms with Crippen molar-refractivity contribution in [2.45, 2.75) is 64.4 Å². The molecule has 0 amide bonds. The van der Waals surface area contributed by atoms with Crippen LogP contribution in [-0.2, 0) is 13.1 Å². The third-order valence-electron chi connectivity index (χ3n) is 5.35. The third-order valence-corrected chi connectivity index (χ3v) is 5.35. The number of rotatable bonds is 4. The molecule has 22 heavy (non-hydrogen) atoms. The van der Waals surface area contributed by atoms with Crippen LogP contribution >= 0.6 is 0 Å². The average Bonchev–Trinajstić information content (AvgIpc) is 3.06. The number of likely N-dealkylation sites (tertiary alicyclic amines) is 1. The molecular formula is C16H27N5O. The van der Waals surface area contributed by atoms with Gasteiger partial charge in [-0.15, -0.1) is 10.2 Å².